The van der Waals surface area contributed by atoms with Crippen LogP contribution < -0.4 is 14.8 Å². The van der Waals surface area contributed by atoms with Gasteiger partial charge in [0.15, 0.2) is 11.5 Å². The molecular weight excluding hydrogens is 328 g/mol. The first-order valence-corrected chi connectivity index (χ1v) is 8.70. The van der Waals surface area contributed by atoms with Gasteiger partial charge in [-0.15, -0.1) is 0 Å². The molecule has 0 bridgehead atoms. The molecule has 136 valence electrons. The van der Waals surface area contributed by atoms with Crippen molar-refractivity contribution in [1.29, 1.82) is 0 Å². The Hall–Kier alpha value is -2.86. The summed E-state index contributed by atoms with van der Waals surface area (Å²) in [6.07, 6.45) is 10.2. The van der Waals surface area contributed by atoms with E-state index in [1.54, 1.807) is 25.7 Å². The van der Waals surface area contributed by atoms with E-state index in [0.717, 1.165) is 48.7 Å². The van der Waals surface area contributed by atoms with Crippen LogP contribution in [0.25, 0.3) is 0 Å². The Balaban J connectivity index is 1.49. The van der Waals surface area contributed by atoms with Crippen LogP contribution in [-0.2, 0) is 19.7 Å². The maximum absolute atomic E-state index is 5.93. The van der Waals surface area contributed by atoms with Gasteiger partial charge in [0, 0.05) is 43.4 Å². The minimum absolute atomic E-state index is 0.464. The number of pyridine rings is 1. The van der Waals surface area contributed by atoms with Gasteiger partial charge in [0.25, 0.3) is 0 Å². The number of aromatic nitrogens is 3. The molecule has 0 aliphatic rings. The van der Waals surface area contributed by atoms with Gasteiger partial charge < -0.3 is 19.4 Å². The molecule has 0 fully saturated rings. The van der Waals surface area contributed by atoms with Crippen LogP contribution in [0.1, 0.15) is 17.5 Å². The molecule has 0 unspecified atom stereocenters. The monoisotopic (exact) mass is 352 g/mol. The Kier molecular flexibility index (Phi) is 6.61. The first-order valence-electron chi connectivity index (χ1n) is 8.70. The molecule has 3 aromatic rings. The fraction of sp³-hybridized carbons (Fsp3) is 0.300. The highest BCUT2D eigenvalue weighted by Crippen LogP contribution is 2.28. The van der Waals surface area contributed by atoms with Gasteiger partial charge in [-0.1, -0.05) is 12.1 Å². The number of imidazole rings is 1. The second-order valence-electron chi connectivity index (χ2n) is 5.97. The highest BCUT2D eigenvalue weighted by atomic mass is 16.5. The van der Waals surface area contributed by atoms with Crippen molar-refractivity contribution in [3.8, 4) is 11.5 Å². The standard InChI is InChI=1S/C20H24N4O2/c1-25-19-6-5-17(13-22-8-3-10-24-11-9-23-16-24)12-20(19)26-15-18-4-2-7-21-14-18/h2,4-7,9,11-12,14,16,22H,3,8,10,13,15H2,1H3. The lowest BCUT2D eigenvalue weighted by Gasteiger charge is -2.13. The van der Waals surface area contributed by atoms with E-state index in [1.807, 2.05) is 36.8 Å². The van der Waals surface area contributed by atoms with Crippen LogP contribution >= 0.6 is 0 Å². The highest BCUT2D eigenvalue weighted by molar-refractivity contribution is 5.43. The second-order valence-corrected chi connectivity index (χ2v) is 5.97. The number of aryl methyl sites for hydroxylation is 1. The van der Waals surface area contributed by atoms with Crippen LogP contribution in [0.4, 0.5) is 0 Å². The maximum atomic E-state index is 5.93. The minimum atomic E-state index is 0.464. The van der Waals surface area contributed by atoms with Gasteiger partial charge in [-0.3, -0.25) is 4.98 Å². The number of benzene rings is 1. The Bertz CT molecular complexity index is 776. The summed E-state index contributed by atoms with van der Waals surface area (Å²) >= 11 is 0. The normalized spacial score (nSPS) is 10.7. The lowest BCUT2D eigenvalue weighted by Crippen LogP contribution is -2.16. The highest BCUT2D eigenvalue weighted by Gasteiger charge is 2.06. The molecule has 2 aromatic heterocycles. The molecule has 2 heterocycles. The van der Waals surface area contributed by atoms with E-state index >= 15 is 0 Å². The lowest BCUT2D eigenvalue weighted by atomic mass is 10.2. The average molecular weight is 352 g/mol. The predicted octanol–water partition coefficient (Wildman–Crippen LogP) is 3.05. The van der Waals surface area contributed by atoms with Gasteiger partial charge in [-0.2, -0.15) is 0 Å². The average Bonchev–Trinajstić information content (AvgIpc) is 3.20. The summed E-state index contributed by atoms with van der Waals surface area (Å²) in [4.78, 5) is 8.15. The van der Waals surface area contributed by atoms with Crippen molar-refractivity contribution in [2.24, 2.45) is 0 Å². The molecule has 6 heteroatoms. The van der Waals surface area contributed by atoms with Crippen molar-refractivity contribution in [1.82, 2.24) is 19.9 Å². The molecule has 0 radical (unpaired) electrons. The van der Waals surface area contributed by atoms with Crippen LogP contribution in [-0.4, -0.2) is 28.2 Å². The van der Waals surface area contributed by atoms with Gasteiger partial charge >= 0.3 is 0 Å². The third-order valence-electron chi connectivity index (χ3n) is 4.00. The molecule has 0 atom stereocenters. The van der Waals surface area contributed by atoms with Crippen molar-refractivity contribution >= 4 is 0 Å². The summed E-state index contributed by atoms with van der Waals surface area (Å²) in [5.74, 6) is 1.48. The molecular formula is C20H24N4O2. The van der Waals surface area contributed by atoms with Crippen molar-refractivity contribution in [2.75, 3.05) is 13.7 Å². The van der Waals surface area contributed by atoms with Crippen LogP contribution in [0.15, 0.2) is 61.4 Å². The number of hydrogen-bond donors (Lipinski definition) is 1. The Labute approximate surface area is 153 Å². The fourth-order valence-corrected chi connectivity index (χ4v) is 2.63. The summed E-state index contributed by atoms with van der Waals surface area (Å²) in [6.45, 7) is 3.16. The molecule has 0 amide bonds. The molecule has 26 heavy (non-hydrogen) atoms. The molecule has 6 nitrogen and oxygen atoms in total. The molecule has 0 saturated heterocycles. The van der Waals surface area contributed by atoms with E-state index in [0.29, 0.717) is 6.61 Å². The van der Waals surface area contributed by atoms with Crippen LogP contribution in [0.5, 0.6) is 11.5 Å². The van der Waals surface area contributed by atoms with Crippen molar-refractivity contribution in [2.45, 2.75) is 26.1 Å². The lowest BCUT2D eigenvalue weighted by molar-refractivity contribution is 0.283. The molecule has 1 aromatic carbocycles. The molecule has 1 N–H and O–H groups in total. The summed E-state index contributed by atoms with van der Waals surface area (Å²) in [6, 6.07) is 9.92. The molecule has 3 rings (SSSR count). The number of nitrogens with one attached hydrogen (secondary N) is 1. The number of ether oxygens (including phenoxy) is 2. The molecule has 0 saturated carbocycles. The van der Waals surface area contributed by atoms with E-state index in [1.165, 1.54) is 0 Å². The van der Waals surface area contributed by atoms with Crippen molar-refractivity contribution in [3.05, 3.63) is 72.6 Å². The number of nitrogens with zero attached hydrogens (tertiary/aromatic N) is 3. The predicted molar refractivity (Wildman–Crippen MR) is 100 cm³/mol. The van der Waals surface area contributed by atoms with Gasteiger partial charge in [-0.25, -0.2) is 4.98 Å². The number of hydrogen-bond acceptors (Lipinski definition) is 5. The van der Waals surface area contributed by atoms with E-state index in [4.69, 9.17) is 9.47 Å². The molecule has 0 spiro atoms. The molecule has 0 aliphatic carbocycles. The summed E-state index contributed by atoms with van der Waals surface area (Å²) < 4.78 is 13.4. The summed E-state index contributed by atoms with van der Waals surface area (Å²) in [5, 5.41) is 3.46. The van der Waals surface area contributed by atoms with Crippen LogP contribution in [0.2, 0.25) is 0 Å². The second kappa shape index (κ2) is 9.58. The van der Waals surface area contributed by atoms with E-state index in [-0.39, 0.29) is 0 Å². The zero-order valence-electron chi connectivity index (χ0n) is 15.0. The maximum Gasteiger partial charge on any atom is 0.161 e. The van der Waals surface area contributed by atoms with E-state index < -0.39 is 0 Å². The Morgan fingerprint density at radius 3 is 2.81 bits per heavy atom. The first-order chi connectivity index (χ1) is 12.8. The largest absolute Gasteiger partial charge is 0.493 e. The number of rotatable bonds is 10. The summed E-state index contributed by atoms with van der Waals surface area (Å²) in [5.41, 5.74) is 2.19. The zero-order chi connectivity index (χ0) is 18.0. The zero-order valence-corrected chi connectivity index (χ0v) is 15.0. The van der Waals surface area contributed by atoms with Gasteiger partial charge in [-0.05, 0) is 36.7 Å². The SMILES string of the molecule is COc1ccc(CNCCCn2ccnc2)cc1OCc1cccnc1. The van der Waals surface area contributed by atoms with Crippen molar-refractivity contribution < 1.29 is 9.47 Å². The quantitative estimate of drug-likeness (QED) is 0.568. The summed E-state index contributed by atoms with van der Waals surface area (Å²) in [7, 11) is 1.65. The third kappa shape index (κ3) is 5.32. The van der Waals surface area contributed by atoms with Gasteiger partial charge in [0.1, 0.15) is 6.61 Å². The van der Waals surface area contributed by atoms with Crippen LogP contribution in [0.3, 0.4) is 0 Å². The first kappa shape index (κ1) is 17.9. The van der Waals surface area contributed by atoms with Crippen LogP contribution in [0, 0.1) is 0 Å². The van der Waals surface area contributed by atoms with Crippen molar-refractivity contribution in [3.63, 3.8) is 0 Å². The number of methoxy groups -OCH3 is 1. The Morgan fingerprint density at radius 1 is 1.08 bits per heavy atom. The van der Waals surface area contributed by atoms with Gasteiger partial charge in [0.2, 0.25) is 0 Å². The topological polar surface area (TPSA) is 61.2 Å². The fourth-order valence-electron chi connectivity index (χ4n) is 2.63. The van der Waals surface area contributed by atoms with Gasteiger partial charge in [0.05, 0.1) is 13.4 Å². The molecule has 0 aliphatic heterocycles. The Morgan fingerprint density at radius 2 is 2.04 bits per heavy atom. The smallest absolute Gasteiger partial charge is 0.161 e. The van der Waals surface area contributed by atoms with E-state index in [2.05, 4.69) is 25.9 Å². The minimum Gasteiger partial charge on any atom is -0.493 e. The third-order valence-corrected chi connectivity index (χ3v) is 4.00. The van der Waals surface area contributed by atoms with E-state index in [9.17, 15) is 0 Å².